The summed E-state index contributed by atoms with van der Waals surface area (Å²) in [5.74, 6) is 0.0927. The van der Waals surface area contributed by atoms with E-state index in [0.29, 0.717) is 5.56 Å². The molecule has 2 rings (SSSR count). The number of anilines is 2. The fourth-order valence-corrected chi connectivity index (χ4v) is 1.88. The summed E-state index contributed by atoms with van der Waals surface area (Å²) < 4.78 is 0. The molecule has 0 aliphatic carbocycles. The minimum Gasteiger partial charge on any atom is -0.409 e. The van der Waals surface area contributed by atoms with Crippen molar-refractivity contribution in [3.8, 4) is 0 Å². The number of aromatic nitrogens is 2. The van der Waals surface area contributed by atoms with Crippen LogP contribution in [-0.4, -0.2) is 28.3 Å². The SMILES string of the molecule is CN(c1ccc(C(N)=NO)cc1)c1nncs1. The van der Waals surface area contributed by atoms with E-state index < -0.39 is 0 Å². The van der Waals surface area contributed by atoms with Crippen molar-refractivity contribution in [1.82, 2.24) is 10.2 Å². The van der Waals surface area contributed by atoms with Gasteiger partial charge in [-0.1, -0.05) is 16.5 Å². The molecule has 0 aliphatic heterocycles. The normalized spacial score (nSPS) is 11.5. The quantitative estimate of drug-likeness (QED) is 0.371. The van der Waals surface area contributed by atoms with Crippen LogP contribution < -0.4 is 10.6 Å². The monoisotopic (exact) mass is 249 g/mol. The lowest BCUT2D eigenvalue weighted by molar-refractivity contribution is 0.318. The van der Waals surface area contributed by atoms with E-state index in [2.05, 4.69) is 15.4 Å². The third-order valence-corrected chi connectivity index (χ3v) is 3.06. The van der Waals surface area contributed by atoms with Gasteiger partial charge in [0.05, 0.1) is 0 Å². The second-order valence-electron chi connectivity index (χ2n) is 3.31. The molecule has 0 unspecified atom stereocenters. The molecule has 7 heteroatoms. The van der Waals surface area contributed by atoms with Gasteiger partial charge in [-0.3, -0.25) is 0 Å². The first kappa shape index (κ1) is 11.3. The maximum Gasteiger partial charge on any atom is 0.212 e. The van der Waals surface area contributed by atoms with Gasteiger partial charge in [-0.2, -0.15) is 0 Å². The maximum absolute atomic E-state index is 8.55. The van der Waals surface area contributed by atoms with E-state index in [1.54, 1.807) is 17.6 Å². The van der Waals surface area contributed by atoms with Crippen molar-refractivity contribution < 1.29 is 5.21 Å². The van der Waals surface area contributed by atoms with Crippen LogP contribution in [0.15, 0.2) is 34.9 Å². The van der Waals surface area contributed by atoms with Gasteiger partial charge < -0.3 is 15.8 Å². The molecule has 88 valence electrons. The van der Waals surface area contributed by atoms with E-state index in [-0.39, 0.29) is 5.84 Å². The van der Waals surface area contributed by atoms with Gasteiger partial charge in [-0.05, 0) is 24.3 Å². The van der Waals surface area contributed by atoms with Crippen molar-refractivity contribution in [2.75, 3.05) is 11.9 Å². The highest BCUT2D eigenvalue weighted by atomic mass is 32.1. The van der Waals surface area contributed by atoms with Crippen LogP contribution in [0, 0.1) is 0 Å². The molecular formula is C10H11N5OS. The lowest BCUT2D eigenvalue weighted by atomic mass is 10.2. The molecule has 3 N–H and O–H groups in total. The van der Waals surface area contributed by atoms with Gasteiger partial charge in [-0.25, -0.2) is 0 Å². The summed E-state index contributed by atoms with van der Waals surface area (Å²) in [4.78, 5) is 1.91. The minimum absolute atomic E-state index is 0.0927. The largest absolute Gasteiger partial charge is 0.409 e. The predicted octanol–water partition coefficient (Wildman–Crippen LogP) is 1.40. The highest BCUT2D eigenvalue weighted by Crippen LogP contribution is 2.24. The average molecular weight is 249 g/mol. The summed E-state index contributed by atoms with van der Waals surface area (Å²) in [6.07, 6.45) is 0. The topological polar surface area (TPSA) is 87.6 Å². The summed E-state index contributed by atoms with van der Waals surface area (Å²) in [5.41, 5.74) is 8.78. The Balaban J connectivity index is 2.24. The van der Waals surface area contributed by atoms with Gasteiger partial charge in [0.15, 0.2) is 5.84 Å². The van der Waals surface area contributed by atoms with Crippen LogP contribution in [0.4, 0.5) is 10.8 Å². The molecule has 0 bridgehead atoms. The van der Waals surface area contributed by atoms with Gasteiger partial charge in [0.2, 0.25) is 5.13 Å². The smallest absolute Gasteiger partial charge is 0.212 e. The van der Waals surface area contributed by atoms with Crippen molar-refractivity contribution in [2.24, 2.45) is 10.9 Å². The Bertz CT molecular complexity index is 508. The number of amidine groups is 1. The van der Waals surface area contributed by atoms with E-state index >= 15 is 0 Å². The van der Waals surface area contributed by atoms with Gasteiger partial charge in [0.25, 0.3) is 0 Å². The van der Waals surface area contributed by atoms with Crippen molar-refractivity contribution >= 4 is 28.0 Å². The van der Waals surface area contributed by atoms with Crippen LogP contribution in [0.2, 0.25) is 0 Å². The highest BCUT2D eigenvalue weighted by molar-refractivity contribution is 7.13. The third-order valence-electron chi connectivity index (χ3n) is 2.29. The Morgan fingerprint density at radius 3 is 2.65 bits per heavy atom. The molecule has 17 heavy (non-hydrogen) atoms. The number of rotatable bonds is 3. The zero-order valence-electron chi connectivity index (χ0n) is 9.11. The molecule has 0 saturated heterocycles. The fourth-order valence-electron chi connectivity index (χ4n) is 1.34. The molecule has 1 heterocycles. The second kappa shape index (κ2) is 4.79. The Labute approximate surface area is 102 Å². The molecule has 0 spiro atoms. The number of nitrogens with zero attached hydrogens (tertiary/aromatic N) is 4. The molecule has 1 aromatic carbocycles. The second-order valence-corrected chi connectivity index (χ2v) is 4.12. The Hall–Kier alpha value is -2.15. The van der Waals surface area contributed by atoms with E-state index in [0.717, 1.165) is 10.8 Å². The summed E-state index contributed by atoms with van der Waals surface area (Å²) in [6, 6.07) is 7.30. The first-order valence-electron chi connectivity index (χ1n) is 4.80. The van der Waals surface area contributed by atoms with Crippen molar-refractivity contribution in [1.29, 1.82) is 0 Å². The first-order chi connectivity index (χ1) is 8.22. The standard InChI is InChI=1S/C10H11N5OS/c1-15(10-13-12-6-17-10)8-4-2-7(3-5-8)9(11)14-16/h2-6,16H,1H3,(H2,11,14). The van der Waals surface area contributed by atoms with Gasteiger partial charge >= 0.3 is 0 Å². The molecule has 0 aliphatic rings. The van der Waals surface area contributed by atoms with Crippen LogP contribution >= 0.6 is 11.3 Å². The van der Waals surface area contributed by atoms with E-state index in [1.165, 1.54) is 11.3 Å². The van der Waals surface area contributed by atoms with Crippen LogP contribution in [0.1, 0.15) is 5.56 Å². The van der Waals surface area contributed by atoms with Crippen molar-refractivity contribution in [2.45, 2.75) is 0 Å². The lowest BCUT2D eigenvalue weighted by Gasteiger charge is -2.15. The minimum atomic E-state index is 0.0927. The highest BCUT2D eigenvalue weighted by Gasteiger charge is 2.07. The van der Waals surface area contributed by atoms with Crippen LogP contribution in [0.3, 0.4) is 0 Å². The maximum atomic E-state index is 8.55. The molecule has 0 radical (unpaired) electrons. The third kappa shape index (κ3) is 2.34. The van der Waals surface area contributed by atoms with Crippen LogP contribution in [-0.2, 0) is 0 Å². The van der Waals surface area contributed by atoms with E-state index in [1.807, 2.05) is 24.1 Å². The number of benzene rings is 1. The van der Waals surface area contributed by atoms with Crippen LogP contribution in [0.5, 0.6) is 0 Å². The lowest BCUT2D eigenvalue weighted by Crippen LogP contribution is -2.14. The number of hydrogen-bond donors (Lipinski definition) is 2. The molecule has 0 amide bonds. The summed E-state index contributed by atoms with van der Waals surface area (Å²) >= 11 is 1.46. The molecular weight excluding hydrogens is 238 g/mol. The molecule has 0 atom stereocenters. The number of nitrogens with two attached hydrogens (primary N) is 1. The Kier molecular flexibility index (Phi) is 3.20. The average Bonchev–Trinajstić information content (AvgIpc) is 2.91. The number of hydrogen-bond acceptors (Lipinski definition) is 6. The molecule has 1 aromatic heterocycles. The van der Waals surface area contributed by atoms with Crippen molar-refractivity contribution in [3.63, 3.8) is 0 Å². The van der Waals surface area contributed by atoms with Gasteiger partial charge in [0.1, 0.15) is 5.51 Å². The number of oxime groups is 1. The Morgan fingerprint density at radius 1 is 1.41 bits per heavy atom. The predicted molar refractivity (Wildman–Crippen MR) is 66.9 cm³/mol. The molecule has 0 fully saturated rings. The summed E-state index contributed by atoms with van der Waals surface area (Å²) in [7, 11) is 1.90. The molecule has 6 nitrogen and oxygen atoms in total. The zero-order chi connectivity index (χ0) is 12.3. The first-order valence-corrected chi connectivity index (χ1v) is 5.68. The van der Waals surface area contributed by atoms with E-state index in [4.69, 9.17) is 10.9 Å². The fraction of sp³-hybridized carbons (Fsp3) is 0.100. The van der Waals surface area contributed by atoms with Gasteiger partial charge in [0, 0.05) is 18.3 Å². The van der Waals surface area contributed by atoms with E-state index in [9.17, 15) is 0 Å². The van der Waals surface area contributed by atoms with Crippen LogP contribution in [0.25, 0.3) is 0 Å². The summed E-state index contributed by atoms with van der Waals surface area (Å²) in [5, 5.41) is 20.1. The summed E-state index contributed by atoms with van der Waals surface area (Å²) in [6.45, 7) is 0. The zero-order valence-corrected chi connectivity index (χ0v) is 9.92. The van der Waals surface area contributed by atoms with Crippen molar-refractivity contribution in [3.05, 3.63) is 35.3 Å². The van der Waals surface area contributed by atoms with Gasteiger partial charge in [-0.15, -0.1) is 10.2 Å². The molecule has 0 saturated carbocycles. The Morgan fingerprint density at radius 2 is 2.12 bits per heavy atom. The molecule has 2 aromatic rings.